The lowest BCUT2D eigenvalue weighted by molar-refractivity contribution is 0.151. The molecule has 0 saturated heterocycles. The second kappa shape index (κ2) is 3.00. The topological polar surface area (TPSA) is 12.9 Å². The fourth-order valence-electron chi connectivity index (χ4n) is 0.551. The van der Waals surface area contributed by atoms with Crippen LogP contribution in [0.4, 0.5) is 21.7 Å². The Morgan fingerprint density at radius 3 is 2.17 bits per heavy atom. The fraction of sp³-hybridized carbons (Fsp3) is 0.250. The van der Waals surface area contributed by atoms with E-state index in [4.69, 9.17) is 0 Å². The van der Waals surface area contributed by atoms with Gasteiger partial charge in [-0.05, 0) is 11.0 Å². The Bertz CT molecular complexity index is 269. The summed E-state index contributed by atoms with van der Waals surface area (Å²) in [6.45, 7) is -5.25. The number of alkyl halides is 2. The Morgan fingerprint density at radius 2 is 1.92 bits per heavy atom. The molecule has 1 aromatic rings. The van der Waals surface area contributed by atoms with Crippen LogP contribution in [0.15, 0.2) is 5.38 Å². The molecule has 0 N–H and O–H groups in total. The SMILES string of the molecule is FC(F)c1nc([B-](F)(F)F)cs1. The van der Waals surface area contributed by atoms with E-state index in [1.54, 1.807) is 0 Å². The molecule has 0 aliphatic carbocycles. The van der Waals surface area contributed by atoms with E-state index in [0.717, 1.165) is 0 Å². The summed E-state index contributed by atoms with van der Waals surface area (Å²) in [5, 5.41) is -0.189. The third-order valence-corrected chi connectivity index (χ3v) is 1.93. The molecular formula is C4H2BF5NS-. The van der Waals surface area contributed by atoms with Gasteiger partial charge in [-0.2, -0.15) is 0 Å². The molecule has 1 nitrogen and oxygen atoms in total. The second-order valence-electron chi connectivity index (χ2n) is 1.99. The predicted molar refractivity (Wildman–Crippen MR) is 35.8 cm³/mol. The third kappa shape index (κ3) is 1.93. The first-order valence-corrected chi connectivity index (χ1v) is 3.72. The normalized spacial score (nSPS) is 12.5. The van der Waals surface area contributed by atoms with Crippen LogP contribution in [0.1, 0.15) is 11.4 Å². The van der Waals surface area contributed by atoms with Crippen molar-refractivity contribution in [2.24, 2.45) is 0 Å². The Morgan fingerprint density at radius 1 is 1.33 bits per heavy atom. The molecule has 0 aliphatic rings. The van der Waals surface area contributed by atoms with Gasteiger partial charge in [0.1, 0.15) is 0 Å². The van der Waals surface area contributed by atoms with Crippen LogP contribution < -0.4 is 5.59 Å². The number of hydrogen-bond donors (Lipinski definition) is 0. The van der Waals surface area contributed by atoms with Crippen molar-refractivity contribution in [1.82, 2.24) is 4.98 Å². The van der Waals surface area contributed by atoms with Gasteiger partial charge in [0.05, 0.1) is 0 Å². The highest BCUT2D eigenvalue weighted by molar-refractivity contribution is 7.11. The highest BCUT2D eigenvalue weighted by Gasteiger charge is 2.29. The molecule has 1 aromatic heterocycles. The largest absolute Gasteiger partial charge is 0.528 e. The molecule has 0 amide bonds. The van der Waals surface area contributed by atoms with Gasteiger partial charge in [-0.15, -0.1) is 11.3 Å². The molecule has 1 rings (SSSR count). The lowest BCUT2D eigenvalue weighted by atomic mass is 9.88. The molecule has 0 spiro atoms. The van der Waals surface area contributed by atoms with Gasteiger partial charge in [-0.3, -0.25) is 4.98 Å². The minimum absolute atomic E-state index is 0.319. The molecule has 68 valence electrons. The zero-order chi connectivity index (χ0) is 9.35. The monoisotopic (exact) mass is 202 g/mol. The quantitative estimate of drug-likeness (QED) is 0.528. The summed E-state index contributed by atoms with van der Waals surface area (Å²) < 4.78 is 59.0. The Balaban J connectivity index is 2.92. The summed E-state index contributed by atoms with van der Waals surface area (Å²) >= 11 is 0.319. The first kappa shape index (κ1) is 9.43. The van der Waals surface area contributed by atoms with Crippen molar-refractivity contribution in [3.05, 3.63) is 10.4 Å². The van der Waals surface area contributed by atoms with Crippen LogP contribution >= 0.6 is 11.3 Å². The second-order valence-corrected chi connectivity index (χ2v) is 2.88. The summed E-state index contributed by atoms with van der Waals surface area (Å²) in [5.41, 5.74) is -1.20. The lowest BCUT2D eigenvalue weighted by Crippen LogP contribution is -2.35. The molecule has 0 aliphatic heterocycles. The van der Waals surface area contributed by atoms with E-state index >= 15 is 0 Å². The van der Waals surface area contributed by atoms with Crippen molar-refractivity contribution in [3.63, 3.8) is 0 Å². The van der Waals surface area contributed by atoms with Crippen LogP contribution in [0.3, 0.4) is 0 Å². The van der Waals surface area contributed by atoms with E-state index in [0.29, 0.717) is 16.7 Å². The maximum absolute atomic E-state index is 11.8. The van der Waals surface area contributed by atoms with Crippen molar-refractivity contribution in [3.8, 4) is 0 Å². The van der Waals surface area contributed by atoms with Gasteiger partial charge in [0.2, 0.25) is 0 Å². The molecule has 0 unspecified atom stereocenters. The van der Waals surface area contributed by atoms with Gasteiger partial charge in [0, 0.05) is 0 Å². The molecule has 0 bridgehead atoms. The maximum atomic E-state index is 11.8. The summed E-state index contributed by atoms with van der Waals surface area (Å²) in [7, 11) is 0. The smallest absolute Gasteiger partial charge is 0.444 e. The Labute approximate surface area is 68.3 Å². The van der Waals surface area contributed by atoms with Crippen LogP contribution in [0.5, 0.6) is 0 Å². The number of rotatable bonds is 2. The van der Waals surface area contributed by atoms with E-state index < -0.39 is 24.0 Å². The van der Waals surface area contributed by atoms with Gasteiger partial charge in [0.25, 0.3) is 6.43 Å². The first-order valence-electron chi connectivity index (χ1n) is 2.84. The Kier molecular flexibility index (Phi) is 2.36. The first-order chi connectivity index (χ1) is 5.41. The molecule has 12 heavy (non-hydrogen) atoms. The van der Waals surface area contributed by atoms with Crippen LogP contribution in [-0.2, 0) is 0 Å². The molecule has 0 atom stereocenters. The summed E-state index contributed by atoms with van der Waals surface area (Å²) in [5.74, 6) is 0. The molecule has 0 fully saturated rings. The molecular weight excluding hydrogens is 200 g/mol. The number of hydrogen-bond acceptors (Lipinski definition) is 2. The van der Waals surface area contributed by atoms with Crippen LogP contribution in [0, 0.1) is 0 Å². The minimum atomic E-state index is -5.25. The predicted octanol–water partition coefficient (Wildman–Crippen LogP) is 2.14. The van der Waals surface area contributed by atoms with Crippen LogP contribution in [0.2, 0.25) is 0 Å². The number of nitrogens with zero attached hydrogens (tertiary/aromatic N) is 1. The van der Waals surface area contributed by atoms with E-state index in [-0.39, 0.29) is 0 Å². The number of aromatic nitrogens is 1. The summed E-state index contributed by atoms with van der Waals surface area (Å²) in [4.78, 5) is 2.75. The van der Waals surface area contributed by atoms with Crippen molar-refractivity contribution < 1.29 is 21.7 Å². The molecule has 0 aromatic carbocycles. The Hall–Kier alpha value is -0.655. The zero-order valence-electron chi connectivity index (χ0n) is 5.48. The summed E-state index contributed by atoms with van der Waals surface area (Å²) in [6, 6.07) is 0. The zero-order valence-corrected chi connectivity index (χ0v) is 6.29. The maximum Gasteiger partial charge on any atom is 0.528 e. The summed E-state index contributed by atoms with van der Waals surface area (Å²) in [6.07, 6.45) is -2.93. The van der Waals surface area contributed by atoms with E-state index in [1.165, 1.54) is 0 Å². The van der Waals surface area contributed by atoms with Crippen molar-refractivity contribution in [2.75, 3.05) is 0 Å². The van der Waals surface area contributed by atoms with E-state index in [2.05, 4.69) is 4.98 Å². The third-order valence-electron chi connectivity index (χ3n) is 1.06. The highest BCUT2D eigenvalue weighted by atomic mass is 32.1. The van der Waals surface area contributed by atoms with Crippen molar-refractivity contribution >= 4 is 23.9 Å². The fourth-order valence-corrected chi connectivity index (χ4v) is 1.26. The standard InChI is InChI=1S/C4H2BF5NS/c6-3(7)4-11-2(1-12-4)5(8,9)10/h1,3H/q-1. The van der Waals surface area contributed by atoms with Crippen LogP contribution in [-0.4, -0.2) is 12.0 Å². The molecule has 0 saturated carbocycles. The molecule has 8 heteroatoms. The molecule has 0 radical (unpaired) electrons. The average molecular weight is 202 g/mol. The van der Waals surface area contributed by atoms with Gasteiger partial charge in [-0.25, -0.2) is 8.78 Å². The van der Waals surface area contributed by atoms with E-state index in [1.807, 2.05) is 0 Å². The van der Waals surface area contributed by atoms with Crippen LogP contribution in [0.25, 0.3) is 0 Å². The average Bonchev–Trinajstić information content (AvgIpc) is 2.30. The van der Waals surface area contributed by atoms with Gasteiger partial charge in [-0.1, -0.05) is 0 Å². The number of halogens is 5. The minimum Gasteiger partial charge on any atom is -0.444 e. The highest BCUT2D eigenvalue weighted by Crippen LogP contribution is 2.21. The lowest BCUT2D eigenvalue weighted by Gasteiger charge is -2.09. The molecule has 1 heterocycles. The van der Waals surface area contributed by atoms with Gasteiger partial charge < -0.3 is 12.9 Å². The van der Waals surface area contributed by atoms with Crippen molar-refractivity contribution in [1.29, 1.82) is 0 Å². The van der Waals surface area contributed by atoms with Crippen molar-refractivity contribution in [2.45, 2.75) is 6.43 Å². The van der Waals surface area contributed by atoms with Gasteiger partial charge in [0.15, 0.2) is 5.01 Å². The van der Waals surface area contributed by atoms with E-state index in [9.17, 15) is 21.7 Å². The van der Waals surface area contributed by atoms with Gasteiger partial charge >= 0.3 is 6.98 Å². The number of thiazole rings is 1.